The lowest BCUT2D eigenvalue weighted by Gasteiger charge is -2.30. The van der Waals surface area contributed by atoms with Crippen molar-refractivity contribution in [3.05, 3.63) is 59.4 Å². The second kappa shape index (κ2) is 7.60. The summed E-state index contributed by atoms with van der Waals surface area (Å²) < 4.78 is 0. The zero-order valence-corrected chi connectivity index (χ0v) is 14.2. The zero-order chi connectivity index (χ0) is 16.1. The fourth-order valence-electron chi connectivity index (χ4n) is 3.19. The van der Waals surface area contributed by atoms with Crippen LogP contribution in [0.5, 0.6) is 0 Å². The normalized spacial score (nSPS) is 17.3. The van der Waals surface area contributed by atoms with Crippen molar-refractivity contribution in [2.75, 3.05) is 19.6 Å². The van der Waals surface area contributed by atoms with Crippen LogP contribution in [0.4, 0.5) is 0 Å². The molecule has 1 aromatic heterocycles. The number of rotatable bonds is 5. The van der Waals surface area contributed by atoms with Crippen molar-refractivity contribution < 1.29 is 0 Å². The molecule has 0 unspecified atom stereocenters. The molecular formula is C20H27N3. The number of H-pyrrole nitrogens is 1. The van der Waals surface area contributed by atoms with Gasteiger partial charge in [-0.15, -0.1) is 0 Å². The molecule has 1 aliphatic rings. The summed E-state index contributed by atoms with van der Waals surface area (Å²) in [5.41, 5.74) is 3.79. The van der Waals surface area contributed by atoms with Gasteiger partial charge in [0.2, 0.25) is 0 Å². The number of aromatic nitrogens is 2. The highest BCUT2D eigenvalue weighted by molar-refractivity contribution is 5.48. The molecule has 1 aliphatic heterocycles. The molecule has 0 aliphatic carbocycles. The molecule has 3 rings (SSSR count). The van der Waals surface area contributed by atoms with E-state index in [4.69, 9.17) is 0 Å². The summed E-state index contributed by atoms with van der Waals surface area (Å²) >= 11 is 0. The van der Waals surface area contributed by atoms with Crippen molar-refractivity contribution in [3.63, 3.8) is 0 Å². The number of nitrogens with zero attached hydrogens (tertiary/aromatic N) is 2. The first-order valence-electron chi connectivity index (χ1n) is 8.71. The van der Waals surface area contributed by atoms with Crippen LogP contribution in [0.1, 0.15) is 55.5 Å². The first-order valence-corrected chi connectivity index (χ1v) is 8.71. The molecule has 2 heterocycles. The molecule has 3 nitrogen and oxygen atoms in total. The van der Waals surface area contributed by atoms with Crippen molar-refractivity contribution in [2.24, 2.45) is 0 Å². The molecule has 1 N–H and O–H groups in total. The molecule has 0 saturated carbocycles. The predicted octanol–water partition coefficient (Wildman–Crippen LogP) is 4.43. The quantitative estimate of drug-likeness (QED) is 0.886. The second-order valence-electron chi connectivity index (χ2n) is 6.79. The van der Waals surface area contributed by atoms with Gasteiger partial charge in [-0.05, 0) is 43.5 Å². The number of likely N-dealkylation sites (tertiary alicyclic amines) is 1. The molecule has 3 heteroatoms. The largest absolute Gasteiger partial charge is 0.300 e. The van der Waals surface area contributed by atoms with Crippen LogP contribution in [0.25, 0.3) is 6.08 Å². The average Bonchev–Trinajstić information content (AvgIpc) is 3.07. The summed E-state index contributed by atoms with van der Waals surface area (Å²) in [6, 6.07) is 12.8. The van der Waals surface area contributed by atoms with E-state index in [1.54, 1.807) is 0 Å². The fourth-order valence-corrected chi connectivity index (χ4v) is 3.19. The number of hydrogen-bond acceptors (Lipinski definition) is 2. The van der Waals surface area contributed by atoms with E-state index in [0.29, 0.717) is 11.8 Å². The van der Waals surface area contributed by atoms with Gasteiger partial charge in [0.15, 0.2) is 0 Å². The predicted molar refractivity (Wildman–Crippen MR) is 96.6 cm³/mol. The van der Waals surface area contributed by atoms with E-state index in [1.807, 2.05) is 0 Å². The Morgan fingerprint density at radius 2 is 1.96 bits per heavy atom. The molecule has 0 bridgehead atoms. The zero-order valence-electron chi connectivity index (χ0n) is 14.2. The molecule has 0 spiro atoms. The lowest BCUT2D eigenvalue weighted by molar-refractivity contribution is 0.231. The van der Waals surface area contributed by atoms with Gasteiger partial charge in [-0.25, -0.2) is 0 Å². The van der Waals surface area contributed by atoms with Gasteiger partial charge in [-0.2, -0.15) is 5.10 Å². The summed E-state index contributed by atoms with van der Waals surface area (Å²) in [6.45, 7) is 7.77. The summed E-state index contributed by atoms with van der Waals surface area (Å²) in [6.07, 6.45) is 6.94. The number of hydrogen-bond donors (Lipinski definition) is 1. The molecule has 23 heavy (non-hydrogen) atoms. The molecule has 1 saturated heterocycles. The Morgan fingerprint density at radius 1 is 1.22 bits per heavy atom. The smallest absolute Gasteiger partial charge is 0.0650 e. The van der Waals surface area contributed by atoms with Crippen LogP contribution in [0.2, 0.25) is 0 Å². The topological polar surface area (TPSA) is 31.9 Å². The molecule has 1 aromatic carbocycles. The molecular weight excluding hydrogens is 282 g/mol. The van der Waals surface area contributed by atoms with Crippen LogP contribution >= 0.6 is 0 Å². The highest BCUT2D eigenvalue weighted by Gasteiger charge is 2.21. The Morgan fingerprint density at radius 3 is 2.61 bits per heavy atom. The first-order chi connectivity index (χ1) is 11.2. The minimum absolute atomic E-state index is 0.503. The standard InChI is InChI=1S/C20H27N3/c1-16(2)19-15-20(22-21-19)18-10-13-23(14-11-18)12-6-9-17-7-4-3-5-8-17/h3-9,15-16,18H,10-14H2,1-2H3,(H,21,22)/b9-6+. The minimum Gasteiger partial charge on any atom is -0.300 e. The molecule has 0 radical (unpaired) electrons. The monoisotopic (exact) mass is 309 g/mol. The summed E-state index contributed by atoms with van der Waals surface area (Å²) in [5, 5.41) is 7.70. The van der Waals surface area contributed by atoms with Crippen LogP contribution in [-0.4, -0.2) is 34.7 Å². The molecule has 122 valence electrons. The Bertz CT molecular complexity index is 619. The maximum absolute atomic E-state index is 4.44. The van der Waals surface area contributed by atoms with Crippen LogP contribution in [-0.2, 0) is 0 Å². The summed E-state index contributed by atoms with van der Waals surface area (Å²) in [7, 11) is 0. The number of benzene rings is 1. The third-order valence-electron chi connectivity index (χ3n) is 4.71. The van der Waals surface area contributed by atoms with Crippen LogP contribution < -0.4 is 0 Å². The van der Waals surface area contributed by atoms with Crippen molar-refractivity contribution in [2.45, 2.75) is 38.5 Å². The molecule has 1 fully saturated rings. The minimum atomic E-state index is 0.503. The SMILES string of the molecule is CC(C)c1cc(C2CCN(C/C=C/c3ccccc3)CC2)[nH]n1. The number of aromatic amines is 1. The number of nitrogens with one attached hydrogen (secondary N) is 1. The first kappa shape index (κ1) is 16.0. The van der Waals surface area contributed by atoms with Gasteiger partial charge in [0.25, 0.3) is 0 Å². The van der Waals surface area contributed by atoms with E-state index in [0.717, 1.165) is 6.54 Å². The van der Waals surface area contributed by atoms with Gasteiger partial charge in [0.1, 0.15) is 0 Å². The lowest BCUT2D eigenvalue weighted by Crippen LogP contribution is -2.33. The van der Waals surface area contributed by atoms with Gasteiger partial charge < -0.3 is 0 Å². The Hall–Kier alpha value is -1.87. The summed E-state index contributed by atoms with van der Waals surface area (Å²) in [5.74, 6) is 1.15. The maximum Gasteiger partial charge on any atom is 0.0650 e. The van der Waals surface area contributed by atoms with Crippen molar-refractivity contribution >= 4 is 6.08 Å². The lowest BCUT2D eigenvalue weighted by atomic mass is 9.93. The van der Waals surface area contributed by atoms with Crippen molar-refractivity contribution in [1.29, 1.82) is 0 Å². The molecule has 0 atom stereocenters. The van der Waals surface area contributed by atoms with E-state index in [1.165, 1.54) is 42.9 Å². The molecule has 2 aromatic rings. The Balaban J connectivity index is 1.47. The summed E-state index contributed by atoms with van der Waals surface area (Å²) in [4.78, 5) is 2.54. The van der Waals surface area contributed by atoms with E-state index in [-0.39, 0.29) is 0 Å². The number of piperidine rings is 1. The van der Waals surface area contributed by atoms with E-state index < -0.39 is 0 Å². The van der Waals surface area contributed by atoms with Gasteiger partial charge in [0.05, 0.1) is 5.69 Å². The highest BCUT2D eigenvalue weighted by Crippen LogP contribution is 2.28. The van der Waals surface area contributed by atoms with Gasteiger partial charge in [-0.3, -0.25) is 10.00 Å². The van der Waals surface area contributed by atoms with E-state index in [9.17, 15) is 0 Å². The average molecular weight is 309 g/mol. The van der Waals surface area contributed by atoms with Gasteiger partial charge in [-0.1, -0.05) is 56.3 Å². The van der Waals surface area contributed by atoms with Crippen molar-refractivity contribution in [3.8, 4) is 0 Å². The van der Waals surface area contributed by atoms with Crippen LogP contribution in [0, 0.1) is 0 Å². The van der Waals surface area contributed by atoms with E-state index in [2.05, 4.69) is 77.5 Å². The Labute approximate surface area is 139 Å². The molecule has 0 amide bonds. The third kappa shape index (κ3) is 4.32. The van der Waals surface area contributed by atoms with Gasteiger partial charge in [0, 0.05) is 18.2 Å². The van der Waals surface area contributed by atoms with Crippen molar-refractivity contribution in [1.82, 2.24) is 15.1 Å². The second-order valence-corrected chi connectivity index (χ2v) is 6.79. The maximum atomic E-state index is 4.44. The van der Waals surface area contributed by atoms with Gasteiger partial charge >= 0.3 is 0 Å². The highest BCUT2D eigenvalue weighted by atomic mass is 15.1. The fraction of sp³-hybridized carbons (Fsp3) is 0.450. The van der Waals surface area contributed by atoms with Crippen LogP contribution in [0.15, 0.2) is 42.5 Å². The van der Waals surface area contributed by atoms with E-state index >= 15 is 0 Å². The third-order valence-corrected chi connectivity index (χ3v) is 4.71. The Kier molecular flexibility index (Phi) is 5.29. The van der Waals surface area contributed by atoms with Crippen LogP contribution in [0.3, 0.4) is 0 Å².